The van der Waals surface area contributed by atoms with Gasteiger partial charge in [-0.15, -0.1) is 0 Å². The fourth-order valence-corrected chi connectivity index (χ4v) is 2.24. The maximum Gasteiger partial charge on any atom is 0.122 e. The number of hydrogen-bond acceptors (Lipinski definition) is 4. The SMILES string of the molecule is ON=C1CCC(c2ccc(O)cc2O)CC1. The number of aromatic hydroxyl groups is 2. The van der Waals surface area contributed by atoms with E-state index >= 15 is 0 Å². The molecule has 1 aromatic rings. The quantitative estimate of drug-likeness (QED) is 0.504. The van der Waals surface area contributed by atoms with E-state index in [9.17, 15) is 10.2 Å². The second-order valence-electron chi connectivity index (χ2n) is 4.18. The third kappa shape index (κ3) is 2.10. The van der Waals surface area contributed by atoms with Crippen LogP contribution >= 0.6 is 0 Å². The molecule has 1 aliphatic rings. The van der Waals surface area contributed by atoms with Crippen LogP contribution in [-0.4, -0.2) is 21.1 Å². The van der Waals surface area contributed by atoms with Gasteiger partial charge in [0.25, 0.3) is 0 Å². The van der Waals surface area contributed by atoms with Crippen molar-refractivity contribution in [3.8, 4) is 11.5 Å². The smallest absolute Gasteiger partial charge is 0.122 e. The zero-order valence-corrected chi connectivity index (χ0v) is 8.93. The second kappa shape index (κ2) is 4.43. The van der Waals surface area contributed by atoms with E-state index in [-0.39, 0.29) is 17.4 Å². The summed E-state index contributed by atoms with van der Waals surface area (Å²) in [5.74, 6) is 0.509. The van der Waals surface area contributed by atoms with Gasteiger partial charge in [-0.1, -0.05) is 11.2 Å². The van der Waals surface area contributed by atoms with E-state index in [0.29, 0.717) is 0 Å². The third-order valence-electron chi connectivity index (χ3n) is 3.16. The molecule has 0 aliphatic heterocycles. The van der Waals surface area contributed by atoms with E-state index in [1.54, 1.807) is 12.1 Å². The molecule has 2 rings (SSSR count). The molecule has 3 N–H and O–H groups in total. The van der Waals surface area contributed by atoms with Gasteiger partial charge in [0, 0.05) is 6.07 Å². The van der Waals surface area contributed by atoms with Gasteiger partial charge in [0.05, 0.1) is 5.71 Å². The molecule has 1 aliphatic carbocycles. The van der Waals surface area contributed by atoms with E-state index in [2.05, 4.69) is 5.16 Å². The van der Waals surface area contributed by atoms with E-state index in [4.69, 9.17) is 5.21 Å². The molecular formula is C12H15NO3. The van der Waals surface area contributed by atoms with Gasteiger partial charge in [-0.25, -0.2) is 0 Å². The largest absolute Gasteiger partial charge is 0.508 e. The van der Waals surface area contributed by atoms with Crippen molar-refractivity contribution in [2.45, 2.75) is 31.6 Å². The van der Waals surface area contributed by atoms with Gasteiger partial charge < -0.3 is 15.4 Å². The lowest BCUT2D eigenvalue weighted by molar-refractivity contribution is 0.313. The Morgan fingerprint density at radius 2 is 1.81 bits per heavy atom. The standard InChI is InChI=1S/C12H15NO3/c14-10-5-6-11(12(15)7-10)8-1-3-9(13-16)4-2-8/h5-8,14-16H,1-4H2. The number of benzene rings is 1. The maximum atomic E-state index is 9.73. The highest BCUT2D eigenvalue weighted by Crippen LogP contribution is 2.37. The summed E-state index contributed by atoms with van der Waals surface area (Å²) in [5.41, 5.74) is 1.70. The number of nitrogens with zero attached hydrogens (tertiary/aromatic N) is 1. The normalized spacial score (nSPS) is 20.8. The van der Waals surface area contributed by atoms with Crippen LogP contribution in [0.4, 0.5) is 0 Å². The molecule has 0 spiro atoms. The summed E-state index contributed by atoms with van der Waals surface area (Å²) in [6.45, 7) is 0. The lowest BCUT2D eigenvalue weighted by atomic mass is 9.83. The van der Waals surface area contributed by atoms with Gasteiger partial charge in [0.1, 0.15) is 11.5 Å². The fourth-order valence-electron chi connectivity index (χ4n) is 2.24. The summed E-state index contributed by atoms with van der Waals surface area (Å²) >= 11 is 0. The van der Waals surface area contributed by atoms with E-state index in [1.807, 2.05) is 0 Å². The van der Waals surface area contributed by atoms with Crippen molar-refractivity contribution < 1.29 is 15.4 Å². The maximum absolute atomic E-state index is 9.73. The molecule has 16 heavy (non-hydrogen) atoms. The molecule has 0 radical (unpaired) electrons. The first kappa shape index (κ1) is 10.8. The summed E-state index contributed by atoms with van der Waals surface area (Å²) in [5, 5.41) is 30.8. The molecule has 0 saturated heterocycles. The van der Waals surface area contributed by atoms with Crippen molar-refractivity contribution in [3.63, 3.8) is 0 Å². The van der Waals surface area contributed by atoms with Crippen LogP contribution in [0.1, 0.15) is 37.2 Å². The molecule has 0 atom stereocenters. The number of rotatable bonds is 1. The molecule has 86 valence electrons. The lowest BCUT2D eigenvalue weighted by Gasteiger charge is -2.23. The van der Waals surface area contributed by atoms with Crippen LogP contribution in [0.3, 0.4) is 0 Å². The van der Waals surface area contributed by atoms with Crippen LogP contribution in [0, 0.1) is 0 Å². The molecule has 1 fully saturated rings. The van der Waals surface area contributed by atoms with Gasteiger partial charge in [-0.3, -0.25) is 0 Å². The molecule has 0 unspecified atom stereocenters. The average Bonchev–Trinajstić information content (AvgIpc) is 2.29. The molecule has 0 heterocycles. The van der Waals surface area contributed by atoms with Crippen molar-refractivity contribution in [2.75, 3.05) is 0 Å². The molecular weight excluding hydrogens is 206 g/mol. The zero-order valence-electron chi connectivity index (χ0n) is 8.93. The third-order valence-corrected chi connectivity index (χ3v) is 3.16. The summed E-state index contributed by atoms with van der Waals surface area (Å²) in [7, 11) is 0. The van der Waals surface area contributed by atoms with Crippen molar-refractivity contribution in [1.82, 2.24) is 0 Å². The Balaban J connectivity index is 2.14. The Kier molecular flexibility index (Phi) is 2.99. The van der Waals surface area contributed by atoms with E-state index < -0.39 is 0 Å². The average molecular weight is 221 g/mol. The van der Waals surface area contributed by atoms with Crippen molar-refractivity contribution >= 4 is 5.71 Å². The molecule has 0 bridgehead atoms. The molecule has 4 heteroatoms. The summed E-state index contributed by atoms with van der Waals surface area (Å²) in [6.07, 6.45) is 3.28. The molecule has 1 aromatic carbocycles. The zero-order chi connectivity index (χ0) is 11.5. The first-order valence-corrected chi connectivity index (χ1v) is 5.42. The Labute approximate surface area is 93.8 Å². The van der Waals surface area contributed by atoms with Crippen LogP contribution in [0.15, 0.2) is 23.4 Å². The Morgan fingerprint density at radius 3 is 2.38 bits per heavy atom. The summed E-state index contributed by atoms with van der Waals surface area (Å²) in [4.78, 5) is 0. The highest BCUT2D eigenvalue weighted by molar-refractivity contribution is 5.84. The fraction of sp³-hybridized carbons (Fsp3) is 0.417. The van der Waals surface area contributed by atoms with Crippen molar-refractivity contribution in [1.29, 1.82) is 0 Å². The molecule has 4 nitrogen and oxygen atoms in total. The van der Waals surface area contributed by atoms with Gasteiger partial charge in [0.2, 0.25) is 0 Å². The summed E-state index contributed by atoms with van der Waals surface area (Å²) in [6, 6.07) is 4.71. The summed E-state index contributed by atoms with van der Waals surface area (Å²) < 4.78 is 0. The monoisotopic (exact) mass is 221 g/mol. The van der Waals surface area contributed by atoms with Gasteiger partial charge in [0.15, 0.2) is 0 Å². The van der Waals surface area contributed by atoms with Crippen LogP contribution in [0.5, 0.6) is 11.5 Å². The first-order chi connectivity index (χ1) is 7.70. The number of phenols is 2. The number of oxime groups is 1. The predicted molar refractivity (Wildman–Crippen MR) is 60.2 cm³/mol. The Morgan fingerprint density at radius 1 is 1.12 bits per heavy atom. The van der Waals surface area contributed by atoms with E-state index in [0.717, 1.165) is 37.0 Å². The van der Waals surface area contributed by atoms with Crippen LogP contribution < -0.4 is 0 Å². The number of hydrogen-bond donors (Lipinski definition) is 3. The highest BCUT2D eigenvalue weighted by atomic mass is 16.4. The first-order valence-electron chi connectivity index (χ1n) is 5.42. The van der Waals surface area contributed by atoms with Crippen LogP contribution in [0.2, 0.25) is 0 Å². The minimum absolute atomic E-state index is 0.0784. The molecule has 0 aromatic heterocycles. The van der Waals surface area contributed by atoms with Crippen LogP contribution in [0.25, 0.3) is 0 Å². The van der Waals surface area contributed by atoms with E-state index in [1.165, 1.54) is 6.07 Å². The number of phenolic OH excluding ortho intramolecular Hbond substituents is 2. The highest BCUT2D eigenvalue weighted by Gasteiger charge is 2.21. The minimum Gasteiger partial charge on any atom is -0.508 e. The van der Waals surface area contributed by atoms with Crippen molar-refractivity contribution in [2.24, 2.45) is 5.16 Å². The Hall–Kier alpha value is -1.71. The van der Waals surface area contributed by atoms with Gasteiger partial charge >= 0.3 is 0 Å². The second-order valence-corrected chi connectivity index (χ2v) is 4.18. The minimum atomic E-state index is 0.0784. The Bertz CT molecular complexity index is 405. The van der Waals surface area contributed by atoms with Gasteiger partial charge in [-0.2, -0.15) is 0 Å². The molecule has 1 saturated carbocycles. The molecule has 0 amide bonds. The van der Waals surface area contributed by atoms with Crippen LogP contribution in [-0.2, 0) is 0 Å². The topological polar surface area (TPSA) is 73.1 Å². The lowest BCUT2D eigenvalue weighted by Crippen LogP contribution is -2.12. The predicted octanol–water partition coefficient (Wildman–Crippen LogP) is 2.59. The van der Waals surface area contributed by atoms with Crippen molar-refractivity contribution in [3.05, 3.63) is 23.8 Å². The van der Waals surface area contributed by atoms with Gasteiger partial charge in [-0.05, 0) is 43.2 Å².